The molecule has 17 heavy (non-hydrogen) atoms. The fourth-order valence-corrected chi connectivity index (χ4v) is 2.72. The Bertz CT molecular complexity index is 262. The molecule has 0 aliphatic carbocycles. The van der Waals surface area contributed by atoms with Crippen LogP contribution in [0.15, 0.2) is 0 Å². The van der Waals surface area contributed by atoms with E-state index in [-0.39, 0.29) is 18.2 Å². The molecule has 1 fully saturated rings. The van der Waals surface area contributed by atoms with Gasteiger partial charge in [0, 0.05) is 6.92 Å². The standard InChI is InChI=1S/C14H26O3/c1-8(2)14-11(5)9(3)10(4)13(17-14)7-16-12(6)15/h8-11,13-14H,7H2,1-6H3/t9-,10+,11?,13?,14-/m0/s1. The zero-order valence-corrected chi connectivity index (χ0v) is 11.9. The molecule has 0 aromatic carbocycles. The van der Waals surface area contributed by atoms with Crippen molar-refractivity contribution in [2.24, 2.45) is 23.7 Å². The van der Waals surface area contributed by atoms with Gasteiger partial charge in [-0.3, -0.25) is 4.79 Å². The molecule has 0 aromatic rings. The summed E-state index contributed by atoms with van der Waals surface area (Å²) in [6.45, 7) is 12.9. The van der Waals surface area contributed by atoms with Crippen molar-refractivity contribution in [2.45, 2.75) is 53.8 Å². The maximum absolute atomic E-state index is 10.9. The first-order chi connectivity index (χ1) is 7.84. The SMILES string of the molecule is CC(=O)OCC1O[C@@H](C(C)C)C(C)[C@@H](C)[C@H]1C. The molecule has 0 radical (unpaired) electrons. The molecule has 3 heteroatoms. The van der Waals surface area contributed by atoms with Crippen LogP contribution in [-0.4, -0.2) is 24.8 Å². The van der Waals surface area contributed by atoms with Gasteiger partial charge >= 0.3 is 5.97 Å². The lowest BCUT2D eigenvalue weighted by Crippen LogP contribution is -2.48. The first kappa shape index (κ1) is 14.5. The quantitative estimate of drug-likeness (QED) is 0.714. The molecular weight excluding hydrogens is 216 g/mol. The Labute approximate surface area is 105 Å². The van der Waals surface area contributed by atoms with E-state index in [1.165, 1.54) is 6.92 Å². The molecule has 1 aliphatic heterocycles. The van der Waals surface area contributed by atoms with Crippen LogP contribution in [-0.2, 0) is 14.3 Å². The van der Waals surface area contributed by atoms with Crippen LogP contribution >= 0.6 is 0 Å². The van der Waals surface area contributed by atoms with Gasteiger partial charge in [0.15, 0.2) is 0 Å². The molecule has 5 atom stereocenters. The second kappa shape index (κ2) is 5.85. The number of carbonyl (C=O) groups excluding carboxylic acids is 1. The lowest BCUT2D eigenvalue weighted by Gasteiger charge is -2.45. The van der Waals surface area contributed by atoms with E-state index >= 15 is 0 Å². The highest BCUT2D eigenvalue weighted by molar-refractivity contribution is 5.65. The third-order valence-electron chi connectivity index (χ3n) is 4.20. The molecule has 3 nitrogen and oxygen atoms in total. The summed E-state index contributed by atoms with van der Waals surface area (Å²) in [7, 11) is 0. The van der Waals surface area contributed by atoms with Crippen LogP contribution in [0.4, 0.5) is 0 Å². The van der Waals surface area contributed by atoms with Gasteiger partial charge in [0.25, 0.3) is 0 Å². The lowest BCUT2D eigenvalue weighted by molar-refractivity contribution is -0.176. The monoisotopic (exact) mass is 242 g/mol. The number of ether oxygens (including phenoxy) is 2. The Kier molecular flexibility index (Phi) is 4.99. The van der Waals surface area contributed by atoms with E-state index < -0.39 is 0 Å². The summed E-state index contributed by atoms with van der Waals surface area (Å²) in [5.41, 5.74) is 0. The van der Waals surface area contributed by atoms with Gasteiger partial charge < -0.3 is 9.47 Å². The van der Waals surface area contributed by atoms with E-state index in [2.05, 4.69) is 34.6 Å². The Balaban J connectivity index is 2.67. The lowest BCUT2D eigenvalue weighted by atomic mass is 9.74. The molecule has 100 valence electrons. The van der Waals surface area contributed by atoms with Crippen molar-refractivity contribution in [2.75, 3.05) is 6.61 Å². The minimum absolute atomic E-state index is 0.0394. The van der Waals surface area contributed by atoms with Crippen LogP contribution in [0.2, 0.25) is 0 Å². The van der Waals surface area contributed by atoms with Crippen LogP contribution < -0.4 is 0 Å². The largest absolute Gasteiger partial charge is 0.463 e. The van der Waals surface area contributed by atoms with Gasteiger partial charge in [-0.1, -0.05) is 34.6 Å². The van der Waals surface area contributed by atoms with Gasteiger partial charge in [0.1, 0.15) is 6.61 Å². The predicted octanol–water partition coefficient (Wildman–Crippen LogP) is 2.88. The first-order valence-electron chi connectivity index (χ1n) is 6.63. The molecule has 0 amide bonds. The van der Waals surface area contributed by atoms with Crippen LogP contribution in [0.3, 0.4) is 0 Å². The van der Waals surface area contributed by atoms with Crippen molar-refractivity contribution in [3.63, 3.8) is 0 Å². The highest BCUT2D eigenvalue weighted by atomic mass is 16.6. The van der Waals surface area contributed by atoms with Gasteiger partial charge in [0.2, 0.25) is 0 Å². The second-order valence-electron chi connectivity index (χ2n) is 5.76. The predicted molar refractivity (Wildman–Crippen MR) is 67.6 cm³/mol. The van der Waals surface area contributed by atoms with Crippen molar-refractivity contribution in [1.29, 1.82) is 0 Å². The van der Waals surface area contributed by atoms with E-state index in [0.717, 1.165) is 0 Å². The molecule has 0 bridgehead atoms. The first-order valence-corrected chi connectivity index (χ1v) is 6.63. The summed E-state index contributed by atoms with van der Waals surface area (Å²) in [6.07, 6.45) is 0.305. The molecule has 0 spiro atoms. The average molecular weight is 242 g/mol. The third kappa shape index (κ3) is 3.44. The zero-order chi connectivity index (χ0) is 13.2. The van der Waals surface area contributed by atoms with Crippen molar-refractivity contribution < 1.29 is 14.3 Å². The zero-order valence-electron chi connectivity index (χ0n) is 11.9. The van der Waals surface area contributed by atoms with Crippen LogP contribution in [0.25, 0.3) is 0 Å². The van der Waals surface area contributed by atoms with Gasteiger partial charge in [-0.15, -0.1) is 0 Å². The summed E-state index contributed by atoms with van der Waals surface area (Å²) >= 11 is 0. The Hall–Kier alpha value is -0.570. The van der Waals surface area contributed by atoms with Crippen molar-refractivity contribution in [3.05, 3.63) is 0 Å². The number of carbonyl (C=O) groups is 1. The van der Waals surface area contributed by atoms with Gasteiger partial charge in [-0.25, -0.2) is 0 Å². The summed E-state index contributed by atoms with van der Waals surface area (Å²) in [5.74, 6) is 1.85. The Morgan fingerprint density at radius 1 is 1.18 bits per heavy atom. The summed E-state index contributed by atoms with van der Waals surface area (Å²) < 4.78 is 11.2. The third-order valence-corrected chi connectivity index (χ3v) is 4.20. The minimum atomic E-state index is -0.229. The van der Waals surface area contributed by atoms with Crippen LogP contribution in [0.1, 0.15) is 41.5 Å². The molecule has 1 aliphatic rings. The highest BCUT2D eigenvalue weighted by Gasteiger charge is 2.40. The van der Waals surface area contributed by atoms with Gasteiger partial charge in [-0.05, 0) is 23.7 Å². The topological polar surface area (TPSA) is 35.5 Å². The Morgan fingerprint density at radius 2 is 1.76 bits per heavy atom. The number of esters is 1. The fraction of sp³-hybridized carbons (Fsp3) is 0.929. The Morgan fingerprint density at radius 3 is 2.24 bits per heavy atom. The molecule has 1 rings (SSSR count). The van der Waals surface area contributed by atoms with Gasteiger partial charge in [-0.2, -0.15) is 0 Å². The number of hydrogen-bond acceptors (Lipinski definition) is 3. The maximum Gasteiger partial charge on any atom is 0.302 e. The second-order valence-corrected chi connectivity index (χ2v) is 5.76. The van der Waals surface area contributed by atoms with Crippen molar-refractivity contribution >= 4 is 5.97 Å². The van der Waals surface area contributed by atoms with E-state index in [1.54, 1.807) is 0 Å². The van der Waals surface area contributed by atoms with Gasteiger partial charge in [0.05, 0.1) is 12.2 Å². The molecule has 2 unspecified atom stereocenters. The fourth-order valence-electron chi connectivity index (χ4n) is 2.72. The molecule has 1 saturated heterocycles. The van der Waals surface area contributed by atoms with E-state index in [9.17, 15) is 4.79 Å². The summed E-state index contributed by atoms with van der Waals surface area (Å²) in [5, 5.41) is 0. The maximum atomic E-state index is 10.9. The van der Waals surface area contributed by atoms with Crippen molar-refractivity contribution in [3.8, 4) is 0 Å². The van der Waals surface area contributed by atoms with Crippen LogP contribution in [0.5, 0.6) is 0 Å². The molecule has 0 aromatic heterocycles. The average Bonchev–Trinajstić information content (AvgIpc) is 2.24. The van der Waals surface area contributed by atoms with E-state index in [0.29, 0.717) is 30.3 Å². The smallest absolute Gasteiger partial charge is 0.302 e. The van der Waals surface area contributed by atoms with E-state index in [1.807, 2.05) is 0 Å². The highest BCUT2D eigenvalue weighted by Crippen LogP contribution is 2.37. The molecule has 1 heterocycles. The molecule has 0 saturated carbocycles. The number of hydrogen-bond donors (Lipinski definition) is 0. The van der Waals surface area contributed by atoms with Crippen LogP contribution in [0, 0.1) is 23.7 Å². The minimum Gasteiger partial charge on any atom is -0.463 e. The van der Waals surface area contributed by atoms with E-state index in [4.69, 9.17) is 9.47 Å². The normalized spacial score (nSPS) is 38.2. The summed E-state index contributed by atoms with van der Waals surface area (Å²) in [4.78, 5) is 10.9. The summed E-state index contributed by atoms with van der Waals surface area (Å²) in [6, 6.07) is 0. The van der Waals surface area contributed by atoms with Crippen molar-refractivity contribution in [1.82, 2.24) is 0 Å². The molecule has 0 N–H and O–H groups in total. The molecular formula is C14H26O3. The number of rotatable bonds is 3.